The molecule has 2 rings (SSSR count). The number of aromatic nitrogens is 2. The van der Waals surface area contributed by atoms with E-state index in [1.807, 2.05) is 13.8 Å². The molecule has 0 radical (unpaired) electrons. The van der Waals surface area contributed by atoms with Crippen molar-refractivity contribution in [3.8, 4) is 0 Å². The minimum atomic E-state index is -0.227. The van der Waals surface area contributed by atoms with Crippen molar-refractivity contribution in [3.05, 3.63) is 21.6 Å². The molecule has 1 aromatic rings. The molecule has 1 saturated carbocycles. The molecule has 1 aliphatic rings. The van der Waals surface area contributed by atoms with E-state index < -0.39 is 0 Å². The lowest BCUT2D eigenvalue weighted by Crippen LogP contribution is -2.26. The fourth-order valence-electron chi connectivity index (χ4n) is 1.64. The molecule has 4 nitrogen and oxygen atoms in total. The van der Waals surface area contributed by atoms with E-state index >= 15 is 0 Å². The molecule has 0 amide bonds. The Bertz CT molecular complexity index is 455. The van der Waals surface area contributed by atoms with Gasteiger partial charge in [0.2, 0.25) is 0 Å². The molecule has 0 aromatic carbocycles. The molecule has 16 heavy (non-hydrogen) atoms. The molecule has 0 saturated heterocycles. The summed E-state index contributed by atoms with van der Waals surface area (Å²) in [6.07, 6.45) is 2.76. The Labute approximate surface area is 99.6 Å². The van der Waals surface area contributed by atoms with E-state index in [4.69, 9.17) is 11.6 Å². The van der Waals surface area contributed by atoms with E-state index in [9.17, 15) is 4.79 Å². The van der Waals surface area contributed by atoms with Gasteiger partial charge in [-0.05, 0) is 26.2 Å². The minimum absolute atomic E-state index is 0.0268. The number of hydrogen-bond donors (Lipinski definition) is 1. The number of nitrogens with zero attached hydrogens (tertiary/aromatic N) is 2. The third-order valence-corrected chi connectivity index (χ3v) is 3.25. The Morgan fingerprint density at radius 3 is 2.75 bits per heavy atom. The summed E-state index contributed by atoms with van der Waals surface area (Å²) in [7, 11) is 0. The van der Waals surface area contributed by atoms with Gasteiger partial charge in [-0.25, -0.2) is 4.68 Å². The van der Waals surface area contributed by atoms with Gasteiger partial charge in [-0.1, -0.05) is 18.5 Å². The lowest BCUT2D eigenvalue weighted by atomic mass is 10.3. The number of hydrogen-bond acceptors (Lipinski definition) is 3. The first-order chi connectivity index (χ1) is 7.50. The number of anilines is 1. The zero-order valence-electron chi connectivity index (χ0n) is 9.70. The van der Waals surface area contributed by atoms with Gasteiger partial charge in [-0.15, -0.1) is 0 Å². The second kappa shape index (κ2) is 4.09. The molecule has 0 bridgehead atoms. The highest BCUT2D eigenvalue weighted by Crippen LogP contribution is 2.33. The molecule has 1 N–H and O–H groups in total. The molecule has 1 aromatic heterocycles. The topological polar surface area (TPSA) is 46.9 Å². The van der Waals surface area contributed by atoms with E-state index in [1.165, 1.54) is 4.68 Å². The van der Waals surface area contributed by atoms with Crippen LogP contribution in [0.25, 0.3) is 0 Å². The smallest absolute Gasteiger partial charge is 0.287 e. The van der Waals surface area contributed by atoms with E-state index in [2.05, 4.69) is 17.3 Å². The van der Waals surface area contributed by atoms with Crippen molar-refractivity contribution in [2.45, 2.75) is 39.3 Å². The molecule has 5 heteroatoms. The van der Waals surface area contributed by atoms with Crippen molar-refractivity contribution >= 4 is 17.3 Å². The highest BCUT2D eigenvalue weighted by Gasteiger charge is 2.33. The molecule has 88 valence electrons. The summed E-state index contributed by atoms with van der Waals surface area (Å²) < 4.78 is 1.39. The summed E-state index contributed by atoms with van der Waals surface area (Å²) >= 11 is 6.03. The molecule has 2 unspecified atom stereocenters. The fourth-order valence-corrected chi connectivity index (χ4v) is 1.83. The molecular weight excluding hydrogens is 226 g/mol. The zero-order valence-corrected chi connectivity index (χ0v) is 10.5. The Kier molecular flexibility index (Phi) is 2.93. The second-order valence-electron chi connectivity index (χ2n) is 4.68. The highest BCUT2D eigenvalue weighted by molar-refractivity contribution is 6.32. The van der Waals surface area contributed by atoms with Crippen LogP contribution in [0.1, 0.15) is 33.2 Å². The molecule has 2 atom stereocenters. The average Bonchev–Trinajstić information content (AvgIpc) is 2.89. The minimum Gasteiger partial charge on any atom is -0.379 e. The number of rotatable bonds is 3. The van der Waals surface area contributed by atoms with Gasteiger partial charge in [0.15, 0.2) is 0 Å². The molecule has 1 aliphatic carbocycles. The normalized spacial score (nSPS) is 23.6. The van der Waals surface area contributed by atoms with Gasteiger partial charge >= 0.3 is 0 Å². The molecule has 0 spiro atoms. The lowest BCUT2D eigenvalue weighted by Gasteiger charge is -2.11. The fraction of sp³-hybridized carbons (Fsp3) is 0.636. The van der Waals surface area contributed by atoms with Crippen LogP contribution in [0.3, 0.4) is 0 Å². The third-order valence-electron chi connectivity index (χ3n) is 2.88. The van der Waals surface area contributed by atoms with Crippen LogP contribution in [0.15, 0.2) is 11.0 Å². The van der Waals surface area contributed by atoms with Crippen molar-refractivity contribution < 1.29 is 0 Å². The predicted molar refractivity (Wildman–Crippen MR) is 65.1 cm³/mol. The van der Waals surface area contributed by atoms with Crippen LogP contribution in [-0.4, -0.2) is 15.8 Å². The van der Waals surface area contributed by atoms with E-state index in [-0.39, 0.29) is 16.6 Å². The third kappa shape index (κ3) is 2.07. The molecule has 1 heterocycles. The predicted octanol–water partition coefficient (Wildman–Crippen LogP) is 2.30. The Balaban J connectivity index is 2.28. The highest BCUT2D eigenvalue weighted by atomic mass is 35.5. The Morgan fingerprint density at radius 1 is 1.62 bits per heavy atom. The van der Waals surface area contributed by atoms with Crippen molar-refractivity contribution in [1.82, 2.24) is 9.78 Å². The maximum absolute atomic E-state index is 11.8. The molecule has 0 aliphatic heterocycles. The van der Waals surface area contributed by atoms with E-state index in [0.29, 0.717) is 17.6 Å². The van der Waals surface area contributed by atoms with Gasteiger partial charge < -0.3 is 5.32 Å². The number of nitrogens with one attached hydrogen (secondary N) is 1. The Hall–Kier alpha value is -1.03. The van der Waals surface area contributed by atoms with Crippen LogP contribution < -0.4 is 10.9 Å². The summed E-state index contributed by atoms with van der Waals surface area (Å²) in [5.41, 5.74) is 0.424. The SMILES string of the molecule is CC1CC1Nc1cnn(C(C)C)c(=O)c1Cl. The summed E-state index contributed by atoms with van der Waals surface area (Å²) in [4.78, 5) is 11.8. The monoisotopic (exact) mass is 241 g/mol. The van der Waals surface area contributed by atoms with Crippen LogP contribution in [0.4, 0.5) is 5.69 Å². The van der Waals surface area contributed by atoms with Crippen LogP contribution in [0.5, 0.6) is 0 Å². The van der Waals surface area contributed by atoms with Crippen LogP contribution >= 0.6 is 11.6 Å². The first kappa shape index (κ1) is 11.5. The summed E-state index contributed by atoms with van der Waals surface area (Å²) in [6.45, 7) is 5.97. The maximum Gasteiger partial charge on any atom is 0.287 e. The van der Waals surface area contributed by atoms with Crippen molar-refractivity contribution in [2.75, 3.05) is 5.32 Å². The van der Waals surface area contributed by atoms with Gasteiger partial charge in [0, 0.05) is 6.04 Å². The molecule has 1 fully saturated rings. The van der Waals surface area contributed by atoms with Gasteiger partial charge in [0.1, 0.15) is 5.02 Å². The van der Waals surface area contributed by atoms with Gasteiger partial charge in [-0.3, -0.25) is 4.79 Å². The first-order valence-electron chi connectivity index (χ1n) is 5.54. The maximum atomic E-state index is 11.8. The average molecular weight is 242 g/mol. The van der Waals surface area contributed by atoms with Crippen molar-refractivity contribution in [2.24, 2.45) is 5.92 Å². The quantitative estimate of drug-likeness (QED) is 0.883. The summed E-state index contributed by atoms with van der Waals surface area (Å²) in [6, 6.07) is 0.465. The zero-order chi connectivity index (χ0) is 11.9. The summed E-state index contributed by atoms with van der Waals surface area (Å²) in [5, 5.41) is 7.57. The van der Waals surface area contributed by atoms with E-state index in [0.717, 1.165) is 6.42 Å². The largest absolute Gasteiger partial charge is 0.379 e. The van der Waals surface area contributed by atoms with E-state index in [1.54, 1.807) is 6.20 Å². The van der Waals surface area contributed by atoms with Crippen molar-refractivity contribution in [3.63, 3.8) is 0 Å². The van der Waals surface area contributed by atoms with Crippen molar-refractivity contribution in [1.29, 1.82) is 0 Å². The molecular formula is C11H16ClN3O. The standard InChI is InChI=1S/C11H16ClN3O/c1-6(2)15-11(16)10(12)9(5-13-15)14-8-4-7(8)3/h5-8,14H,4H2,1-3H3. The van der Waals surface area contributed by atoms with Crippen LogP contribution in [0, 0.1) is 5.92 Å². The van der Waals surface area contributed by atoms with Crippen LogP contribution in [-0.2, 0) is 0 Å². The second-order valence-corrected chi connectivity index (χ2v) is 5.06. The van der Waals surface area contributed by atoms with Crippen LogP contribution in [0.2, 0.25) is 5.02 Å². The van der Waals surface area contributed by atoms with Gasteiger partial charge in [-0.2, -0.15) is 5.10 Å². The van der Waals surface area contributed by atoms with Gasteiger partial charge in [0.05, 0.1) is 17.9 Å². The summed E-state index contributed by atoms with van der Waals surface area (Å²) in [5.74, 6) is 0.656. The lowest BCUT2D eigenvalue weighted by molar-refractivity contribution is 0.503. The van der Waals surface area contributed by atoms with Gasteiger partial charge in [0.25, 0.3) is 5.56 Å². The number of halogens is 1. The first-order valence-corrected chi connectivity index (χ1v) is 5.92. The Morgan fingerprint density at radius 2 is 2.25 bits per heavy atom.